The van der Waals surface area contributed by atoms with Crippen molar-refractivity contribution in [1.29, 1.82) is 0 Å². The molecule has 1 aromatic rings. The lowest BCUT2D eigenvalue weighted by Gasteiger charge is -2.32. The third-order valence-electron chi connectivity index (χ3n) is 3.54. The molecular weight excluding hydrogens is 364 g/mol. The molecular formula is C17H26O10. The van der Waals surface area contributed by atoms with Crippen LogP contribution in [-0.4, -0.2) is 70.4 Å². The Morgan fingerprint density at radius 2 is 1.41 bits per heavy atom. The van der Waals surface area contributed by atoms with Crippen LogP contribution in [0.4, 0.5) is 0 Å². The van der Waals surface area contributed by atoms with E-state index in [4.69, 9.17) is 34.2 Å². The average molecular weight is 390 g/mol. The highest BCUT2D eigenvalue weighted by Gasteiger charge is 2.44. The fraction of sp³-hybridized carbons (Fsp3) is 0.588. The topological polar surface area (TPSA) is 111 Å². The summed E-state index contributed by atoms with van der Waals surface area (Å²) in [7, 11) is 4.99. The van der Waals surface area contributed by atoms with Gasteiger partial charge in [-0.2, -0.15) is 0 Å². The molecule has 4 atom stereocenters. The zero-order valence-corrected chi connectivity index (χ0v) is 15.7. The number of benzene rings is 1. The van der Waals surface area contributed by atoms with E-state index < -0.39 is 31.0 Å². The zero-order chi connectivity index (χ0) is 20.1. The lowest BCUT2D eigenvalue weighted by atomic mass is 9.96. The Balaban J connectivity index is 3.10. The molecule has 0 bridgehead atoms. The quantitative estimate of drug-likeness (QED) is 0.337. The fourth-order valence-corrected chi connectivity index (χ4v) is 2.43. The van der Waals surface area contributed by atoms with Gasteiger partial charge in [0.05, 0.1) is 35.0 Å². The van der Waals surface area contributed by atoms with Crippen molar-refractivity contribution < 1.29 is 49.0 Å². The van der Waals surface area contributed by atoms with Gasteiger partial charge in [0.25, 0.3) is 0 Å². The smallest absolute Gasteiger partial charge is 0.183 e. The first-order chi connectivity index (χ1) is 13.1. The van der Waals surface area contributed by atoms with E-state index in [1.54, 1.807) is 12.1 Å². The van der Waals surface area contributed by atoms with Crippen LogP contribution >= 0.6 is 0 Å². The third-order valence-corrected chi connectivity index (χ3v) is 3.54. The van der Waals surface area contributed by atoms with Crippen molar-refractivity contribution in [3.05, 3.63) is 35.9 Å². The molecule has 1 N–H and O–H groups in total. The summed E-state index contributed by atoms with van der Waals surface area (Å²) >= 11 is 0. The normalized spacial score (nSPS) is 15.9. The van der Waals surface area contributed by atoms with Gasteiger partial charge in [-0.05, 0) is 5.56 Å². The summed E-state index contributed by atoms with van der Waals surface area (Å²) in [5, 5.41) is 9.56. The van der Waals surface area contributed by atoms with Gasteiger partial charge in [-0.1, -0.05) is 30.3 Å². The molecule has 1 aromatic carbocycles. The van der Waals surface area contributed by atoms with Crippen LogP contribution in [0.25, 0.3) is 0 Å². The van der Waals surface area contributed by atoms with Crippen molar-refractivity contribution in [3.63, 3.8) is 0 Å². The van der Waals surface area contributed by atoms with Gasteiger partial charge >= 0.3 is 0 Å². The zero-order valence-electron chi connectivity index (χ0n) is 15.7. The first-order valence-electron chi connectivity index (χ1n) is 8.08. The van der Waals surface area contributed by atoms with Crippen molar-refractivity contribution in [1.82, 2.24) is 0 Å². The number of aliphatic hydroxyl groups excluding tert-OH is 1. The second kappa shape index (κ2) is 13.7. The molecule has 0 aromatic heterocycles. The Morgan fingerprint density at radius 3 is 1.93 bits per heavy atom. The second-order valence-corrected chi connectivity index (χ2v) is 5.25. The number of hydrogen-bond donors (Lipinski definition) is 1. The van der Waals surface area contributed by atoms with Crippen molar-refractivity contribution in [2.24, 2.45) is 0 Å². The summed E-state index contributed by atoms with van der Waals surface area (Å²) in [6.07, 6.45) is -4.72. The molecule has 0 aliphatic rings. The van der Waals surface area contributed by atoms with E-state index in [-0.39, 0.29) is 12.2 Å². The first-order valence-corrected chi connectivity index (χ1v) is 8.08. The SMILES string of the molecule is COO[C@H]([C@@H](OOC)[C@H](OOC)C(=O)Cc1ccccc1)[C@H](CO)OOC. The van der Waals surface area contributed by atoms with Crippen LogP contribution in [0.15, 0.2) is 30.3 Å². The summed E-state index contributed by atoms with van der Waals surface area (Å²) in [4.78, 5) is 52.0. The van der Waals surface area contributed by atoms with E-state index >= 15 is 0 Å². The fourth-order valence-electron chi connectivity index (χ4n) is 2.43. The standard InChI is InChI=1S/C17H26O10/c1-20-24-14(11-18)16(26-22-3)17(27-23-4)15(25-21-2)13(19)10-12-8-6-5-7-9-12/h5-9,14-18H,10-11H2,1-4H3/t14-,15+,16-,17-/m0/s1. The van der Waals surface area contributed by atoms with Crippen LogP contribution in [0.1, 0.15) is 5.56 Å². The molecule has 0 unspecified atom stereocenters. The van der Waals surface area contributed by atoms with Crippen molar-refractivity contribution in [3.8, 4) is 0 Å². The van der Waals surface area contributed by atoms with Crippen LogP contribution in [0.5, 0.6) is 0 Å². The van der Waals surface area contributed by atoms with Crippen LogP contribution in [-0.2, 0) is 50.3 Å². The average Bonchev–Trinajstić information content (AvgIpc) is 2.68. The molecule has 0 spiro atoms. The Labute approximate surface area is 157 Å². The van der Waals surface area contributed by atoms with Crippen LogP contribution in [0.3, 0.4) is 0 Å². The predicted octanol–water partition coefficient (Wildman–Crippen LogP) is 0.577. The van der Waals surface area contributed by atoms with Crippen molar-refractivity contribution >= 4 is 5.78 Å². The van der Waals surface area contributed by atoms with Gasteiger partial charge in [0, 0.05) is 6.42 Å². The summed E-state index contributed by atoms with van der Waals surface area (Å²) in [6.45, 7) is -0.530. The Bertz CT molecular complexity index is 512. The van der Waals surface area contributed by atoms with Crippen LogP contribution < -0.4 is 0 Å². The van der Waals surface area contributed by atoms with Gasteiger partial charge in [-0.25, -0.2) is 39.1 Å². The maximum absolute atomic E-state index is 12.8. The van der Waals surface area contributed by atoms with E-state index in [9.17, 15) is 9.90 Å². The number of carbonyl (C=O) groups excluding carboxylic acids is 1. The molecule has 27 heavy (non-hydrogen) atoms. The van der Waals surface area contributed by atoms with Crippen LogP contribution in [0.2, 0.25) is 0 Å². The lowest BCUT2D eigenvalue weighted by molar-refractivity contribution is -0.435. The van der Waals surface area contributed by atoms with E-state index in [0.29, 0.717) is 0 Å². The second-order valence-electron chi connectivity index (χ2n) is 5.25. The largest absolute Gasteiger partial charge is 0.393 e. The maximum atomic E-state index is 12.8. The number of aliphatic hydroxyl groups is 1. The molecule has 0 aliphatic carbocycles. The van der Waals surface area contributed by atoms with Crippen molar-refractivity contribution in [2.75, 3.05) is 35.0 Å². The minimum atomic E-state index is -1.29. The minimum Gasteiger partial charge on any atom is -0.393 e. The molecule has 10 heteroatoms. The summed E-state index contributed by atoms with van der Waals surface area (Å²) in [6, 6.07) is 9.04. The highest BCUT2D eigenvalue weighted by molar-refractivity contribution is 5.85. The van der Waals surface area contributed by atoms with Gasteiger partial charge in [0.15, 0.2) is 24.1 Å². The van der Waals surface area contributed by atoms with Gasteiger partial charge in [-0.15, -0.1) is 0 Å². The number of carbonyl (C=O) groups is 1. The number of ketones is 1. The van der Waals surface area contributed by atoms with Gasteiger partial charge in [0.1, 0.15) is 6.10 Å². The predicted molar refractivity (Wildman–Crippen MR) is 89.8 cm³/mol. The minimum absolute atomic E-state index is 0.0348. The highest BCUT2D eigenvalue weighted by Crippen LogP contribution is 2.20. The van der Waals surface area contributed by atoms with Gasteiger partial charge in [-0.3, -0.25) is 4.79 Å². The van der Waals surface area contributed by atoms with Crippen molar-refractivity contribution in [2.45, 2.75) is 30.8 Å². The third kappa shape index (κ3) is 7.58. The molecule has 0 saturated heterocycles. The molecule has 0 fully saturated rings. The molecule has 1 rings (SSSR count). The summed E-state index contributed by atoms with van der Waals surface area (Å²) in [5.74, 6) is -0.385. The first kappa shape index (κ1) is 23.6. The number of rotatable bonds is 15. The van der Waals surface area contributed by atoms with E-state index in [2.05, 4.69) is 4.89 Å². The number of Topliss-reactive ketones (excluding diaryl/α,β-unsaturated/α-hetero) is 1. The molecule has 0 radical (unpaired) electrons. The van der Waals surface area contributed by atoms with Crippen LogP contribution in [0, 0.1) is 0 Å². The molecule has 0 heterocycles. The Morgan fingerprint density at radius 1 is 0.852 bits per heavy atom. The lowest BCUT2D eigenvalue weighted by Crippen LogP contribution is -2.53. The number of hydrogen-bond acceptors (Lipinski definition) is 10. The highest BCUT2D eigenvalue weighted by atomic mass is 17.2. The summed E-state index contributed by atoms with van der Waals surface area (Å²) in [5.41, 5.74) is 0.763. The van der Waals surface area contributed by atoms with E-state index in [1.165, 1.54) is 28.4 Å². The molecule has 10 nitrogen and oxygen atoms in total. The summed E-state index contributed by atoms with van der Waals surface area (Å²) < 4.78 is 0. The van der Waals surface area contributed by atoms with E-state index in [1.807, 2.05) is 18.2 Å². The molecule has 154 valence electrons. The van der Waals surface area contributed by atoms with Gasteiger partial charge in [0.2, 0.25) is 0 Å². The van der Waals surface area contributed by atoms with E-state index in [0.717, 1.165) is 5.56 Å². The maximum Gasteiger partial charge on any atom is 0.183 e. The monoisotopic (exact) mass is 390 g/mol. The molecule has 0 amide bonds. The Kier molecular flexibility index (Phi) is 11.9. The molecule has 0 saturated carbocycles. The Hall–Kier alpha value is -1.47. The van der Waals surface area contributed by atoms with Gasteiger partial charge < -0.3 is 5.11 Å². The molecule has 0 aliphatic heterocycles.